The SMILES string of the molecule is Nc1ccc2sc(C(=O)Nc3c(F)cccc3Br)cc2c1. The number of amides is 1. The molecule has 3 nitrogen and oxygen atoms in total. The van der Waals surface area contributed by atoms with Crippen molar-refractivity contribution in [3.05, 3.63) is 57.6 Å². The van der Waals surface area contributed by atoms with Crippen molar-refractivity contribution in [2.45, 2.75) is 0 Å². The molecule has 0 saturated heterocycles. The highest BCUT2D eigenvalue weighted by Gasteiger charge is 2.14. The second-order valence-corrected chi connectivity index (χ2v) is 6.40. The van der Waals surface area contributed by atoms with E-state index in [9.17, 15) is 9.18 Å². The van der Waals surface area contributed by atoms with E-state index in [0.717, 1.165) is 10.1 Å². The third-order valence-corrected chi connectivity index (χ3v) is 4.74. The smallest absolute Gasteiger partial charge is 0.265 e. The number of para-hydroxylation sites is 1. The molecule has 3 aromatic rings. The normalized spacial score (nSPS) is 10.8. The Morgan fingerprint density at radius 3 is 2.81 bits per heavy atom. The van der Waals surface area contributed by atoms with Gasteiger partial charge in [-0.2, -0.15) is 0 Å². The summed E-state index contributed by atoms with van der Waals surface area (Å²) in [5, 5.41) is 3.49. The minimum Gasteiger partial charge on any atom is -0.399 e. The number of benzene rings is 2. The van der Waals surface area contributed by atoms with E-state index in [1.807, 2.05) is 12.1 Å². The third-order valence-electron chi connectivity index (χ3n) is 2.97. The molecule has 3 N–H and O–H groups in total. The molecule has 0 unspecified atom stereocenters. The van der Waals surface area contributed by atoms with E-state index in [-0.39, 0.29) is 11.6 Å². The van der Waals surface area contributed by atoms with Crippen molar-refractivity contribution in [3.63, 3.8) is 0 Å². The summed E-state index contributed by atoms with van der Waals surface area (Å²) in [5.41, 5.74) is 6.50. The lowest BCUT2D eigenvalue weighted by molar-refractivity contribution is 0.103. The zero-order valence-electron chi connectivity index (χ0n) is 10.7. The van der Waals surface area contributed by atoms with Gasteiger partial charge >= 0.3 is 0 Å². The van der Waals surface area contributed by atoms with Crippen molar-refractivity contribution >= 4 is 54.6 Å². The fourth-order valence-corrected chi connectivity index (χ4v) is 3.35. The maximum absolute atomic E-state index is 13.7. The number of fused-ring (bicyclic) bond motifs is 1. The van der Waals surface area contributed by atoms with E-state index >= 15 is 0 Å². The standard InChI is InChI=1S/C15H10BrFN2OS/c16-10-2-1-3-11(17)14(10)19-15(20)13-7-8-6-9(18)4-5-12(8)21-13/h1-7H,18H2,(H,19,20). The van der Waals surface area contributed by atoms with Gasteiger partial charge in [0.15, 0.2) is 0 Å². The van der Waals surface area contributed by atoms with E-state index < -0.39 is 5.82 Å². The molecule has 1 aromatic heterocycles. The van der Waals surface area contributed by atoms with Crippen LogP contribution in [0.5, 0.6) is 0 Å². The van der Waals surface area contributed by atoms with Crippen LogP contribution in [0.4, 0.5) is 15.8 Å². The van der Waals surface area contributed by atoms with E-state index in [4.69, 9.17) is 5.73 Å². The van der Waals surface area contributed by atoms with Crippen molar-refractivity contribution in [3.8, 4) is 0 Å². The van der Waals surface area contributed by atoms with Crippen LogP contribution in [0.2, 0.25) is 0 Å². The summed E-state index contributed by atoms with van der Waals surface area (Å²) in [7, 11) is 0. The fourth-order valence-electron chi connectivity index (χ4n) is 1.97. The van der Waals surface area contributed by atoms with Crippen molar-refractivity contribution in [1.82, 2.24) is 0 Å². The van der Waals surface area contributed by atoms with Gasteiger partial charge in [-0.1, -0.05) is 6.07 Å². The van der Waals surface area contributed by atoms with Crippen molar-refractivity contribution in [1.29, 1.82) is 0 Å². The lowest BCUT2D eigenvalue weighted by Gasteiger charge is -2.06. The van der Waals surface area contributed by atoms with Crippen LogP contribution in [0.15, 0.2) is 46.9 Å². The number of nitrogen functional groups attached to an aromatic ring is 1. The van der Waals surface area contributed by atoms with Crippen LogP contribution < -0.4 is 11.1 Å². The largest absolute Gasteiger partial charge is 0.399 e. The number of thiophene rings is 1. The number of hydrogen-bond acceptors (Lipinski definition) is 3. The van der Waals surface area contributed by atoms with Crippen molar-refractivity contribution < 1.29 is 9.18 Å². The molecule has 0 aliphatic heterocycles. The molecule has 1 amide bonds. The highest BCUT2D eigenvalue weighted by molar-refractivity contribution is 9.10. The number of nitrogens with one attached hydrogen (secondary N) is 1. The van der Waals surface area contributed by atoms with E-state index in [0.29, 0.717) is 15.0 Å². The Balaban J connectivity index is 1.94. The molecule has 0 radical (unpaired) electrons. The number of halogens is 2. The van der Waals surface area contributed by atoms with Gasteiger partial charge < -0.3 is 11.1 Å². The van der Waals surface area contributed by atoms with Gasteiger partial charge in [-0.15, -0.1) is 11.3 Å². The quantitative estimate of drug-likeness (QED) is 0.650. The number of carbonyl (C=O) groups excluding carboxylic acids is 1. The van der Waals surface area contributed by atoms with Crippen LogP contribution >= 0.6 is 27.3 Å². The Morgan fingerprint density at radius 2 is 2.05 bits per heavy atom. The van der Waals surface area contributed by atoms with Gasteiger partial charge in [0.2, 0.25) is 0 Å². The first kappa shape index (κ1) is 14.0. The molecule has 0 aliphatic carbocycles. The molecule has 3 rings (SSSR count). The molecule has 0 aliphatic rings. The Hall–Kier alpha value is -1.92. The predicted molar refractivity (Wildman–Crippen MR) is 88.3 cm³/mol. The number of carbonyl (C=O) groups is 1. The van der Waals surface area contributed by atoms with Gasteiger partial charge in [0.05, 0.1) is 10.6 Å². The first-order valence-electron chi connectivity index (χ1n) is 6.09. The van der Waals surface area contributed by atoms with Crippen LogP contribution in [-0.2, 0) is 0 Å². The number of nitrogens with two attached hydrogens (primary N) is 1. The summed E-state index contributed by atoms with van der Waals surface area (Å²) in [6.07, 6.45) is 0. The Morgan fingerprint density at radius 1 is 1.24 bits per heavy atom. The summed E-state index contributed by atoms with van der Waals surface area (Å²) in [4.78, 5) is 12.8. The average molecular weight is 365 g/mol. The Kier molecular flexibility index (Phi) is 3.65. The molecule has 106 valence electrons. The molecular weight excluding hydrogens is 355 g/mol. The maximum Gasteiger partial charge on any atom is 0.265 e. The van der Waals surface area contributed by atoms with Crippen LogP contribution in [-0.4, -0.2) is 5.91 Å². The van der Waals surface area contributed by atoms with E-state index in [1.165, 1.54) is 17.4 Å². The first-order chi connectivity index (χ1) is 10.0. The Labute approximate surface area is 132 Å². The molecule has 21 heavy (non-hydrogen) atoms. The second-order valence-electron chi connectivity index (χ2n) is 4.46. The molecule has 0 atom stereocenters. The third kappa shape index (κ3) is 2.77. The van der Waals surface area contributed by atoms with E-state index in [1.54, 1.807) is 24.3 Å². The van der Waals surface area contributed by atoms with Gasteiger partial charge in [0.1, 0.15) is 5.82 Å². The summed E-state index contributed by atoms with van der Waals surface area (Å²) in [5.74, 6) is -0.830. The van der Waals surface area contributed by atoms with Crippen molar-refractivity contribution in [2.24, 2.45) is 0 Å². The maximum atomic E-state index is 13.7. The van der Waals surface area contributed by atoms with Crippen LogP contribution in [0.3, 0.4) is 0 Å². The van der Waals surface area contributed by atoms with Crippen LogP contribution in [0.25, 0.3) is 10.1 Å². The van der Waals surface area contributed by atoms with E-state index in [2.05, 4.69) is 21.2 Å². The summed E-state index contributed by atoms with van der Waals surface area (Å²) in [6.45, 7) is 0. The minimum atomic E-state index is -0.483. The summed E-state index contributed by atoms with van der Waals surface area (Å²) >= 11 is 4.56. The molecule has 0 spiro atoms. The highest BCUT2D eigenvalue weighted by Crippen LogP contribution is 2.30. The molecule has 6 heteroatoms. The fraction of sp³-hybridized carbons (Fsp3) is 0. The van der Waals surface area contributed by atoms with Gasteiger partial charge in [-0.05, 0) is 57.7 Å². The van der Waals surface area contributed by atoms with Crippen molar-refractivity contribution in [2.75, 3.05) is 11.1 Å². The molecule has 1 heterocycles. The van der Waals surface area contributed by atoms with Crippen LogP contribution in [0, 0.1) is 5.82 Å². The molecule has 0 fully saturated rings. The molecular formula is C15H10BrFN2OS. The number of anilines is 2. The number of rotatable bonds is 2. The summed E-state index contributed by atoms with van der Waals surface area (Å²) in [6, 6.07) is 11.7. The molecule has 0 bridgehead atoms. The van der Waals surface area contributed by atoms with Gasteiger partial charge in [-0.3, -0.25) is 4.79 Å². The topological polar surface area (TPSA) is 55.1 Å². The lowest BCUT2D eigenvalue weighted by Crippen LogP contribution is -2.11. The second kappa shape index (κ2) is 5.46. The zero-order valence-corrected chi connectivity index (χ0v) is 13.1. The molecule has 0 saturated carbocycles. The highest BCUT2D eigenvalue weighted by atomic mass is 79.9. The van der Waals surface area contributed by atoms with Gasteiger partial charge in [0.25, 0.3) is 5.91 Å². The van der Waals surface area contributed by atoms with Gasteiger partial charge in [-0.25, -0.2) is 4.39 Å². The lowest BCUT2D eigenvalue weighted by atomic mass is 10.2. The first-order valence-corrected chi connectivity index (χ1v) is 7.70. The summed E-state index contributed by atoms with van der Waals surface area (Å²) < 4.78 is 15.2. The number of hydrogen-bond donors (Lipinski definition) is 2. The van der Waals surface area contributed by atoms with Gasteiger partial charge in [0, 0.05) is 14.9 Å². The predicted octanol–water partition coefficient (Wildman–Crippen LogP) is 4.64. The average Bonchev–Trinajstić information content (AvgIpc) is 2.86. The monoisotopic (exact) mass is 364 g/mol. The minimum absolute atomic E-state index is 0.138. The zero-order chi connectivity index (χ0) is 15.0. The molecule has 2 aromatic carbocycles. The van der Waals surface area contributed by atoms with Crippen LogP contribution in [0.1, 0.15) is 9.67 Å². The Bertz CT molecular complexity index is 827.